The number of anilines is 2. The molecule has 2 heterocycles. The molecule has 0 saturated carbocycles. The van der Waals surface area contributed by atoms with Gasteiger partial charge in [0.2, 0.25) is 0 Å². The summed E-state index contributed by atoms with van der Waals surface area (Å²) in [7, 11) is 0. The maximum absolute atomic E-state index is 13.9. The highest BCUT2D eigenvalue weighted by atomic mass is 32.1. The van der Waals surface area contributed by atoms with Gasteiger partial charge in [0, 0.05) is 37.0 Å². The lowest BCUT2D eigenvalue weighted by molar-refractivity contribution is -0.135. The van der Waals surface area contributed by atoms with Crippen LogP contribution in [0, 0.1) is 12.7 Å². The normalized spacial score (nSPS) is 14.4. The van der Waals surface area contributed by atoms with Gasteiger partial charge in [-0.2, -0.15) is 4.36 Å². The van der Waals surface area contributed by atoms with Crippen molar-refractivity contribution in [3.05, 3.63) is 48.0 Å². The number of hydrogen-bond acceptors (Lipinski definition) is 8. The number of nitrogens with zero attached hydrogens (tertiary/aromatic N) is 4. The van der Waals surface area contributed by atoms with Gasteiger partial charge in [0.05, 0.1) is 23.0 Å². The fourth-order valence-corrected chi connectivity index (χ4v) is 3.82. The molecule has 2 aromatic carbocycles. The van der Waals surface area contributed by atoms with E-state index in [1.807, 2.05) is 13.0 Å². The van der Waals surface area contributed by atoms with E-state index in [9.17, 15) is 14.3 Å². The number of aliphatic hydroxyl groups is 1. The predicted octanol–water partition coefficient (Wildman–Crippen LogP) is 3.55. The Bertz CT molecular complexity index is 1170. The van der Waals surface area contributed by atoms with E-state index in [-0.39, 0.29) is 24.4 Å². The number of aryl methyl sites for hydroxylation is 1. The van der Waals surface area contributed by atoms with Crippen molar-refractivity contribution in [1.82, 2.24) is 14.9 Å². The summed E-state index contributed by atoms with van der Waals surface area (Å²) in [5.74, 6) is 0.00311. The smallest absolute Gasteiger partial charge is 0.260 e. The molecular formula is C22H22FN5O3S. The molecule has 10 heteroatoms. The third-order valence-electron chi connectivity index (χ3n) is 5.39. The number of fused-ring (bicyclic) bond motifs is 1. The summed E-state index contributed by atoms with van der Waals surface area (Å²) in [5.41, 5.74) is 2.63. The van der Waals surface area contributed by atoms with E-state index in [1.165, 1.54) is 24.5 Å². The van der Waals surface area contributed by atoms with Gasteiger partial charge >= 0.3 is 0 Å². The summed E-state index contributed by atoms with van der Waals surface area (Å²) in [5, 5.41) is 13.6. The van der Waals surface area contributed by atoms with Crippen molar-refractivity contribution >= 4 is 46.4 Å². The van der Waals surface area contributed by atoms with Gasteiger partial charge in [-0.25, -0.2) is 14.4 Å². The number of nitrogens with one attached hydrogen (secondary N) is 1. The highest BCUT2D eigenvalue weighted by Gasteiger charge is 2.22. The van der Waals surface area contributed by atoms with E-state index in [2.05, 4.69) is 19.6 Å². The van der Waals surface area contributed by atoms with Crippen LogP contribution in [0.15, 0.2) is 41.0 Å². The van der Waals surface area contributed by atoms with E-state index in [1.54, 1.807) is 11.0 Å². The van der Waals surface area contributed by atoms with Crippen LogP contribution in [0.4, 0.5) is 21.6 Å². The number of halogens is 1. The zero-order chi connectivity index (χ0) is 22.7. The number of aromatic nitrogens is 2. The fraction of sp³-hybridized carbons (Fsp3) is 0.318. The average Bonchev–Trinajstić information content (AvgIpc) is 2.79. The van der Waals surface area contributed by atoms with Gasteiger partial charge in [0.15, 0.2) is 6.61 Å². The Kier molecular flexibility index (Phi) is 6.52. The second-order valence-corrected chi connectivity index (χ2v) is 7.82. The molecule has 32 heavy (non-hydrogen) atoms. The molecule has 8 nitrogen and oxygen atoms in total. The monoisotopic (exact) mass is 455 g/mol. The number of hydrogen-bond donors (Lipinski definition) is 2. The molecule has 1 aliphatic heterocycles. The van der Waals surface area contributed by atoms with Crippen molar-refractivity contribution in [1.29, 1.82) is 0 Å². The minimum Gasteiger partial charge on any atom is -0.481 e. The maximum Gasteiger partial charge on any atom is 0.260 e. The summed E-state index contributed by atoms with van der Waals surface area (Å²) in [6.45, 7) is 2.61. The first-order chi connectivity index (χ1) is 15.4. The molecule has 1 saturated heterocycles. The van der Waals surface area contributed by atoms with Gasteiger partial charge in [0.1, 0.15) is 23.7 Å². The Labute approximate surface area is 189 Å². The summed E-state index contributed by atoms with van der Waals surface area (Å²) >= 11 is 4.78. The highest BCUT2D eigenvalue weighted by molar-refractivity contribution is 7.47. The van der Waals surface area contributed by atoms with Crippen LogP contribution in [-0.4, -0.2) is 51.7 Å². The molecular weight excluding hydrogens is 433 g/mol. The number of amides is 1. The van der Waals surface area contributed by atoms with Gasteiger partial charge in [0.25, 0.3) is 5.91 Å². The molecule has 3 aromatic rings. The quantitative estimate of drug-likeness (QED) is 0.586. The van der Waals surface area contributed by atoms with Crippen molar-refractivity contribution in [2.45, 2.75) is 25.9 Å². The number of rotatable bonds is 6. The molecule has 166 valence electrons. The van der Waals surface area contributed by atoms with Crippen LogP contribution >= 0.6 is 0 Å². The molecule has 0 bridgehead atoms. The number of aliphatic hydroxyl groups excluding tert-OH is 1. The largest absolute Gasteiger partial charge is 0.481 e. The van der Waals surface area contributed by atoms with Crippen molar-refractivity contribution in [3.8, 4) is 5.75 Å². The average molecular weight is 456 g/mol. The lowest BCUT2D eigenvalue weighted by atomic mass is 10.1. The van der Waals surface area contributed by atoms with Gasteiger partial charge < -0.3 is 20.1 Å². The van der Waals surface area contributed by atoms with E-state index in [0.717, 1.165) is 10.9 Å². The van der Waals surface area contributed by atoms with Gasteiger partial charge in [-0.15, -0.1) is 0 Å². The Hall–Kier alpha value is -3.24. The molecule has 0 radical (unpaired) electrons. The van der Waals surface area contributed by atoms with Crippen molar-refractivity contribution in [2.75, 3.05) is 25.0 Å². The minimum absolute atomic E-state index is 0.192. The predicted molar refractivity (Wildman–Crippen MR) is 121 cm³/mol. The molecule has 1 amide bonds. The van der Waals surface area contributed by atoms with Crippen LogP contribution in [0.25, 0.3) is 10.9 Å². The number of carbonyl (C=O) groups is 1. The Balaban J connectivity index is 1.56. The third-order valence-corrected chi connectivity index (χ3v) is 5.60. The molecule has 2 N–H and O–H groups in total. The highest BCUT2D eigenvalue weighted by Crippen LogP contribution is 2.33. The first-order valence-electron chi connectivity index (χ1n) is 10.2. The first-order valence-corrected chi connectivity index (χ1v) is 10.5. The first kappa shape index (κ1) is 22.0. The van der Waals surface area contributed by atoms with Crippen LogP contribution < -0.4 is 10.1 Å². The summed E-state index contributed by atoms with van der Waals surface area (Å²) in [6.07, 6.45) is 2.12. The molecule has 1 aromatic heterocycles. The standard InChI is InChI=1S/C22H22FN5O3S/c1-13-8-15(27-32)10-18-21(13)22(25-12-24-18)26-17-3-2-14(23)9-19(17)31-11-20(30)28-6-4-16(29)5-7-28/h2-3,8-10,12,16,29H,4-7,11H2,1H3,(H,24,25,26). The SMILES string of the molecule is Cc1cc(N=S)cc2ncnc(Nc3ccc(F)cc3OCC(=O)N3CCC(O)CC3)c12. The number of carbonyl (C=O) groups excluding carboxylic acids is 1. The van der Waals surface area contributed by atoms with E-state index in [0.29, 0.717) is 48.6 Å². The lowest BCUT2D eigenvalue weighted by Gasteiger charge is -2.29. The van der Waals surface area contributed by atoms with Crippen LogP contribution in [0.1, 0.15) is 18.4 Å². The number of likely N-dealkylation sites (tertiary alicyclic amines) is 1. The summed E-state index contributed by atoms with van der Waals surface area (Å²) < 4.78 is 23.4. The second-order valence-electron chi connectivity index (χ2n) is 7.64. The zero-order valence-corrected chi connectivity index (χ0v) is 18.2. The zero-order valence-electron chi connectivity index (χ0n) is 17.4. The molecule has 0 unspecified atom stereocenters. The topological polar surface area (TPSA) is 99.9 Å². The summed E-state index contributed by atoms with van der Waals surface area (Å²) in [6, 6.07) is 7.65. The molecule has 0 spiro atoms. The van der Waals surface area contributed by atoms with E-state index < -0.39 is 5.82 Å². The van der Waals surface area contributed by atoms with Crippen LogP contribution in [0.5, 0.6) is 5.75 Å². The van der Waals surface area contributed by atoms with Crippen LogP contribution in [0.2, 0.25) is 0 Å². The molecule has 1 aliphatic rings. The van der Waals surface area contributed by atoms with Crippen LogP contribution in [-0.2, 0) is 17.2 Å². The number of piperidine rings is 1. The summed E-state index contributed by atoms with van der Waals surface area (Å²) in [4.78, 5) is 22.7. The van der Waals surface area contributed by atoms with Crippen molar-refractivity contribution in [3.63, 3.8) is 0 Å². The van der Waals surface area contributed by atoms with Gasteiger partial charge in [-0.05, 0) is 49.6 Å². The third kappa shape index (κ3) is 4.81. The Morgan fingerprint density at radius 2 is 2.09 bits per heavy atom. The minimum atomic E-state index is -0.487. The van der Waals surface area contributed by atoms with E-state index in [4.69, 9.17) is 17.2 Å². The Morgan fingerprint density at radius 3 is 2.84 bits per heavy atom. The van der Waals surface area contributed by atoms with Crippen molar-refractivity contribution in [2.24, 2.45) is 4.36 Å². The Morgan fingerprint density at radius 1 is 1.31 bits per heavy atom. The number of benzene rings is 2. The van der Waals surface area contributed by atoms with Gasteiger partial charge in [-0.3, -0.25) is 4.79 Å². The van der Waals surface area contributed by atoms with Gasteiger partial charge in [-0.1, -0.05) is 0 Å². The molecule has 4 rings (SSSR count). The van der Waals surface area contributed by atoms with E-state index >= 15 is 0 Å². The van der Waals surface area contributed by atoms with Crippen LogP contribution in [0.3, 0.4) is 0 Å². The molecule has 0 aliphatic carbocycles. The second kappa shape index (κ2) is 9.49. The fourth-order valence-electron chi connectivity index (χ4n) is 3.71. The lowest BCUT2D eigenvalue weighted by Crippen LogP contribution is -2.42. The van der Waals surface area contributed by atoms with Crippen molar-refractivity contribution < 1.29 is 19.0 Å². The maximum atomic E-state index is 13.9. The number of ether oxygens (including phenoxy) is 1. The molecule has 0 atom stereocenters. The molecule has 1 fully saturated rings.